The van der Waals surface area contributed by atoms with Crippen LogP contribution < -0.4 is 16.0 Å². The predicted octanol–water partition coefficient (Wildman–Crippen LogP) is 3.07. The number of piperidine rings is 1. The molecule has 1 fully saturated rings. The lowest BCUT2D eigenvalue weighted by Gasteiger charge is -2.36. The van der Waals surface area contributed by atoms with Crippen LogP contribution in [0.25, 0.3) is 16.9 Å². The van der Waals surface area contributed by atoms with Crippen LogP contribution in [-0.4, -0.2) is 41.0 Å². The molecule has 0 spiro atoms. The lowest BCUT2D eigenvalue weighted by molar-refractivity contribution is 0.100. The summed E-state index contributed by atoms with van der Waals surface area (Å²) >= 11 is 0. The number of benzene rings is 1. The molecule has 1 aliphatic heterocycles. The van der Waals surface area contributed by atoms with E-state index < -0.39 is 5.91 Å². The van der Waals surface area contributed by atoms with Gasteiger partial charge in [0.25, 0.3) is 5.91 Å². The standard InChI is InChI=1S/C22H27N5O/c1-2-12-27(18-5-3-11-24-14-18)17-9-7-16(8-10-17)20-15-26-13-4-6-19(21(23)28)22(26)25-20/h4,6-10,13,15,18,24H,2-3,5,11-12,14H2,1H3,(H2,23,28). The molecule has 3 heterocycles. The third kappa shape index (κ3) is 3.60. The Balaban J connectivity index is 1.63. The number of pyridine rings is 1. The Morgan fingerprint density at radius 1 is 1.32 bits per heavy atom. The molecular weight excluding hydrogens is 350 g/mol. The molecule has 3 N–H and O–H groups in total. The summed E-state index contributed by atoms with van der Waals surface area (Å²) < 4.78 is 1.85. The summed E-state index contributed by atoms with van der Waals surface area (Å²) in [6.45, 7) is 5.45. The lowest BCUT2D eigenvalue weighted by atomic mass is 10.0. The Bertz CT molecular complexity index is 957. The van der Waals surface area contributed by atoms with Gasteiger partial charge in [-0.25, -0.2) is 4.98 Å². The first-order valence-corrected chi connectivity index (χ1v) is 10.0. The van der Waals surface area contributed by atoms with Crippen molar-refractivity contribution in [3.8, 4) is 11.3 Å². The maximum atomic E-state index is 11.7. The smallest absolute Gasteiger partial charge is 0.252 e. The van der Waals surface area contributed by atoms with Gasteiger partial charge in [0.05, 0.1) is 11.3 Å². The Morgan fingerprint density at radius 2 is 2.14 bits per heavy atom. The summed E-state index contributed by atoms with van der Waals surface area (Å²) in [6, 6.07) is 12.6. The van der Waals surface area contributed by atoms with E-state index in [0.29, 0.717) is 17.3 Å². The minimum Gasteiger partial charge on any atom is -0.367 e. The highest BCUT2D eigenvalue weighted by molar-refractivity contribution is 5.98. The Hall–Kier alpha value is -2.86. The Labute approximate surface area is 165 Å². The predicted molar refractivity (Wildman–Crippen MR) is 113 cm³/mol. The van der Waals surface area contributed by atoms with E-state index in [4.69, 9.17) is 5.73 Å². The van der Waals surface area contributed by atoms with Crippen molar-refractivity contribution in [1.82, 2.24) is 14.7 Å². The number of fused-ring (bicyclic) bond motifs is 1. The first-order valence-electron chi connectivity index (χ1n) is 10.0. The van der Waals surface area contributed by atoms with Crippen LogP contribution in [0.4, 0.5) is 5.69 Å². The maximum Gasteiger partial charge on any atom is 0.252 e. The highest BCUT2D eigenvalue weighted by Gasteiger charge is 2.21. The number of carbonyl (C=O) groups is 1. The number of aromatic nitrogens is 2. The second kappa shape index (κ2) is 8.02. The molecule has 1 unspecified atom stereocenters. The summed E-state index contributed by atoms with van der Waals surface area (Å²) in [6.07, 6.45) is 7.40. The van der Waals surface area contributed by atoms with Crippen molar-refractivity contribution in [1.29, 1.82) is 0 Å². The average molecular weight is 377 g/mol. The number of hydrogen-bond donors (Lipinski definition) is 2. The van der Waals surface area contributed by atoms with Crippen molar-refractivity contribution in [2.24, 2.45) is 5.73 Å². The zero-order valence-corrected chi connectivity index (χ0v) is 16.3. The molecule has 1 atom stereocenters. The number of anilines is 1. The van der Waals surface area contributed by atoms with E-state index in [0.717, 1.165) is 37.3 Å². The molecular formula is C22H27N5O. The van der Waals surface area contributed by atoms with Crippen LogP contribution in [0, 0.1) is 0 Å². The average Bonchev–Trinajstić information content (AvgIpc) is 3.17. The van der Waals surface area contributed by atoms with Gasteiger partial charge in [-0.05, 0) is 50.1 Å². The third-order valence-corrected chi connectivity index (χ3v) is 5.42. The van der Waals surface area contributed by atoms with Crippen LogP contribution >= 0.6 is 0 Å². The molecule has 6 nitrogen and oxygen atoms in total. The highest BCUT2D eigenvalue weighted by Crippen LogP contribution is 2.26. The number of nitrogens with one attached hydrogen (secondary N) is 1. The molecule has 0 bridgehead atoms. The van der Waals surface area contributed by atoms with Gasteiger partial charge < -0.3 is 20.4 Å². The van der Waals surface area contributed by atoms with Crippen LogP contribution in [0.3, 0.4) is 0 Å². The topological polar surface area (TPSA) is 75.7 Å². The monoisotopic (exact) mass is 377 g/mol. The Kier molecular flexibility index (Phi) is 5.30. The van der Waals surface area contributed by atoms with E-state index in [2.05, 4.69) is 46.4 Å². The molecule has 1 aliphatic rings. The van der Waals surface area contributed by atoms with E-state index >= 15 is 0 Å². The molecule has 1 amide bonds. The molecule has 146 valence electrons. The number of nitrogens with two attached hydrogens (primary N) is 1. The molecule has 6 heteroatoms. The largest absolute Gasteiger partial charge is 0.367 e. The summed E-state index contributed by atoms with van der Waals surface area (Å²) in [5, 5.41) is 3.52. The number of primary amides is 1. The van der Waals surface area contributed by atoms with Gasteiger partial charge in [0.1, 0.15) is 5.65 Å². The van der Waals surface area contributed by atoms with Crippen molar-refractivity contribution in [2.75, 3.05) is 24.5 Å². The number of rotatable bonds is 6. The molecule has 3 aromatic rings. The lowest BCUT2D eigenvalue weighted by Crippen LogP contribution is -2.46. The van der Waals surface area contributed by atoms with E-state index in [1.807, 2.05) is 22.9 Å². The van der Waals surface area contributed by atoms with E-state index in [1.165, 1.54) is 18.5 Å². The minimum absolute atomic E-state index is 0.435. The number of amides is 1. The summed E-state index contributed by atoms with van der Waals surface area (Å²) in [4.78, 5) is 18.8. The summed E-state index contributed by atoms with van der Waals surface area (Å²) in [7, 11) is 0. The fourth-order valence-electron chi connectivity index (χ4n) is 4.03. The minimum atomic E-state index is -0.464. The van der Waals surface area contributed by atoms with Crippen molar-refractivity contribution in [2.45, 2.75) is 32.2 Å². The molecule has 28 heavy (non-hydrogen) atoms. The molecule has 0 aliphatic carbocycles. The first-order chi connectivity index (χ1) is 13.7. The first kappa shape index (κ1) is 18.5. The van der Waals surface area contributed by atoms with Crippen molar-refractivity contribution in [3.05, 3.63) is 54.4 Å². The van der Waals surface area contributed by atoms with Crippen LogP contribution in [0.2, 0.25) is 0 Å². The fraction of sp³-hybridized carbons (Fsp3) is 0.364. The van der Waals surface area contributed by atoms with Crippen LogP contribution in [0.15, 0.2) is 48.8 Å². The zero-order chi connectivity index (χ0) is 19.5. The van der Waals surface area contributed by atoms with Gasteiger partial charge in [-0.3, -0.25) is 4.79 Å². The van der Waals surface area contributed by atoms with Crippen LogP contribution in [-0.2, 0) is 0 Å². The quantitative estimate of drug-likeness (QED) is 0.692. The van der Waals surface area contributed by atoms with Gasteiger partial charge in [0.2, 0.25) is 0 Å². The van der Waals surface area contributed by atoms with Gasteiger partial charge in [-0.2, -0.15) is 0 Å². The van der Waals surface area contributed by atoms with E-state index in [1.54, 1.807) is 6.07 Å². The molecule has 1 saturated heterocycles. The Morgan fingerprint density at radius 3 is 2.82 bits per heavy atom. The van der Waals surface area contributed by atoms with Crippen LogP contribution in [0.5, 0.6) is 0 Å². The van der Waals surface area contributed by atoms with Crippen molar-refractivity contribution < 1.29 is 4.79 Å². The number of imidazole rings is 1. The SMILES string of the molecule is CCCN(c1ccc(-c2cn3cccc(C(N)=O)c3n2)cc1)C1CCCNC1. The summed E-state index contributed by atoms with van der Waals surface area (Å²) in [5.74, 6) is -0.464. The van der Waals surface area contributed by atoms with Crippen LogP contribution in [0.1, 0.15) is 36.5 Å². The summed E-state index contributed by atoms with van der Waals surface area (Å²) in [5.41, 5.74) is 9.62. The van der Waals surface area contributed by atoms with Gasteiger partial charge in [0, 0.05) is 42.8 Å². The molecule has 0 radical (unpaired) electrons. The molecule has 0 saturated carbocycles. The normalized spacial score (nSPS) is 17.0. The van der Waals surface area contributed by atoms with Crippen molar-refractivity contribution >= 4 is 17.2 Å². The second-order valence-corrected chi connectivity index (χ2v) is 7.38. The number of nitrogens with zero attached hydrogens (tertiary/aromatic N) is 3. The molecule has 2 aromatic heterocycles. The van der Waals surface area contributed by atoms with Gasteiger partial charge in [-0.15, -0.1) is 0 Å². The van der Waals surface area contributed by atoms with Gasteiger partial charge >= 0.3 is 0 Å². The fourth-order valence-corrected chi connectivity index (χ4v) is 4.03. The highest BCUT2D eigenvalue weighted by atomic mass is 16.1. The second-order valence-electron chi connectivity index (χ2n) is 7.38. The van der Waals surface area contributed by atoms with Gasteiger partial charge in [0.15, 0.2) is 0 Å². The number of hydrogen-bond acceptors (Lipinski definition) is 4. The maximum absolute atomic E-state index is 11.7. The third-order valence-electron chi connectivity index (χ3n) is 5.42. The van der Waals surface area contributed by atoms with Crippen molar-refractivity contribution in [3.63, 3.8) is 0 Å². The van der Waals surface area contributed by atoms with E-state index in [9.17, 15) is 4.79 Å². The number of carbonyl (C=O) groups excluding carboxylic acids is 1. The van der Waals surface area contributed by atoms with Gasteiger partial charge in [-0.1, -0.05) is 19.1 Å². The molecule has 1 aromatic carbocycles. The zero-order valence-electron chi connectivity index (χ0n) is 16.3. The van der Waals surface area contributed by atoms with E-state index in [-0.39, 0.29) is 0 Å². The molecule has 4 rings (SSSR count).